The van der Waals surface area contributed by atoms with E-state index >= 15 is 0 Å². The Morgan fingerprint density at radius 2 is 1.80 bits per heavy atom. The van der Waals surface area contributed by atoms with Crippen LogP contribution in [0.2, 0.25) is 0 Å². The number of amides is 1. The summed E-state index contributed by atoms with van der Waals surface area (Å²) in [6.45, 7) is 1.99. The van der Waals surface area contributed by atoms with Crippen LogP contribution in [0.3, 0.4) is 0 Å². The van der Waals surface area contributed by atoms with E-state index in [1.807, 2.05) is 19.1 Å². The lowest BCUT2D eigenvalue weighted by Gasteiger charge is -2.10. The van der Waals surface area contributed by atoms with Gasteiger partial charge in [-0.2, -0.15) is 0 Å². The van der Waals surface area contributed by atoms with Crippen molar-refractivity contribution in [1.82, 2.24) is 9.55 Å². The Morgan fingerprint density at radius 3 is 2.43 bits per heavy atom. The molecule has 1 N–H and O–H groups in total. The van der Waals surface area contributed by atoms with Crippen molar-refractivity contribution in [1.29, 1.82) is 0 Å². The summed E-state index contributed by atoms with van der Waals surface area (Å²) in [5.41, 5.74) is 3.59. The fourth-order valence-corrected chi connectivity index (χ4v) is 3.29. The fourth-order valence-electron chi connectivity index (χ4n) is 3.29. The zero-order valence-electron chi connectivity index (χ0n) is 16.2. The first kappa shape index (κ1) is 19.5. The molecular formula is C22H17F2N3O3. The maximum Gasteiger partial charge on any atom is 0.419 e. The molecular weight excluding hydrogens is 392 g/mol. The predicted octanol–water partition coefficient (Wildman–Crippen LogP) is 4.29. The molecule has 2 heterocycles. The van der Waals surface area contributed by atoms with E-state index in [0.717, 1.165) is 29.1 Å². The third kappa shape index (κ3) is 3.36. The standard InChI is InChI=1S/C22H17F2N3O3/c1-3-12-8-19-18(27(2)22(29)30-19)9-15(12)13-4-6-14(7-5-13)21(28)26-20-16(23)10-25-11-17(20)24/h4-11H,3H2,1-2H3,(H,25,26,28). The molecule has 0 unspecified atom stereocenters. The minimum atomic E-state index is -0.952. The topological polar surface area (TPSA) is 77.1 Å². The average molecular weight is 409 g/mol. The van der Waals surface area contributed by atoms with Crippen molar-refractivity contribution in [3.05, 3.63) is 82.1 Å². The molecule has 30 heavy (non-hydrogen) atoms. The van der Waals surface area contributed by atoms with Crippen molar-refractivity contribution in [2.75, 3.05) is 5.32 Å². The van der Waals surface area contributed by atoms with E-state index in [1.54, 1.807) is 31.3 Å². The Hall–Kier alpha value is -3.81. The van der Waals surface area contributed by atoms with Crippen molar-refractivity contribution in [2.24, 2.45) is 7.05 Å². The highest BCUT2D eigenvalue weighted by molar-refractivity contribution is 6.04. The number of hydrogen-bond acceptors (Lipinski definition) is 4. The number of oxazole rings is 1. The molecule has 0 aliphatic carbocycles. The van der Waals surface area contributed by atoms with Gasteiger partial charge in [-0.25, -0.2) is 13.6 Å². The summed E-state index contributed by atoms with van der Waals surface area (Å²) >= 11 is 0. The lowest BCUT2D eigenvalue weighted by Crippen LogP contribution is -2.14. The molecule has 0 radical (unpaired) electrons. The van der Waals surface area contributed by atoms with E-state index in [1.165, 1.54) is 4.57 Å². The van der Waals surface area contributed by atoms with Crippen LogP contribution in [0.1, 0.15) is 22.8 Å². The summed E-state index contributed by atoms with van der Waals surface area (Å²) in [5.74, 6) is -2.99. The third-order valence-electron chi connectivity index (χ3n) is 4.95. The number of halogens is 2. The van der Waals surface area contributed by atoms with Gasteiger partial charge in [-0.1, -0.05) is 19.1 Å². The van der Waals surface area contributed by atoms with E-state index in [0.29, 0.717) is 17.5 Å². The summed E-state index contributed by atoms with van der Waals surface area (Å²) < 4.78 is 34.1. The van der Waals surface area contributed by atoms with Crippen LogP contribution in [0.15, 0.2) is 58.0 Å². The highest BCUT2D eigenvalue weighted by Crippen LogP contribution is 2.29. The number of fused-ring (bicyclic) bond motifs is 1. The van der Waals surface area contributed by atoms with E-state index in [4.69, 9.17) is 4.42 Å². The minimum Gasteiger partial charge on any atom is -0.408 e. The van der Waals surface area contributed by atoms with Gasteiger partial charge in [-0.3, -0.25) is 14.3 Å². The number of anilines is 1. The number of nitrogens with zero attached hydrogens (tertiary/aromatic N) is 2. The van der Waals surface area contributed by atoms with Gasteiger partial charge in [0.1, 0.15) is 5.69 Å². The number of benzene rings is 2. The summed E-state index contributed by atoms with van der Waals surface area (Å²) in [6, 6.07) is 10.3. The van der Waals surface area contributed by atoms with Crippen LogP contribution in [0.4, 0.5) is 14.5 Å². The third-order valence-corrected chi connectivity index (χ3v) is 4.95. The molecule has 0 aliphatic heterocycles. The van der Waals surface area contributed by atoms with E-state index in [9.17, 15) is 18.4 Å². The number of carbonyl (C=O) groups excluding carboxylic acids is 1. The van der Waals surface area contributed by atoms with Gasteiger partial charge in [-0.05, 0) is 47.4 Å². The van der Waals surface area contributed by atoms with E-state index in [-0.39, 0.29) is 5.56 Å². The second-order valence-electron chi connectivity index (χ2n) is 6.77. The zero-order valence-corrected chi connectivity index (χ0v) is 16.2. The summed E-state index contributed by atoms with van der Waals surface area (Å²) in [4.78, 5) is 27.6. The van der Waals surface area contributed by atoms with Crippen molar-refractivity contribution < 1.29 is 18.0 Å². The predicted molar refractivity (Wildman–Crippen MR) is 108 cm³/mol. The smallest absolute Gasteiger partial charge is 0.408 e. The van der Waals surface area contributed by atoms with Crippen LogP contribution in [0.5, 0.6) is 0 Å². The van der Waals surface area contributed by atoms with Gasteiger partial charge < -0.3 is 9.73 Å². The first-order chi connectivity index (χ1) is 14.4. The molecule has 152 valence electrons. The van der Waals surface area contributed by atoms with Crippen LogP contribution in [0, 0.1) is 11.6 Å². The molecule has 0 fully saturated rings. The largest absolute Gasteiger partial charge is 0.419 e. The van der Waals surface area contributed by atoms with Gasteiger partial charge in [0.25, 0.3) is 5.91 Å². The molecule has 4 aromatic rings. The van der Waals surface area contributed by atoms with Gasteiger partial charge in [-0.15, -0.1) is 0 Å². The summed E-state index contributed by atoms with van der Waals surface area (Å²) in [6.07, 6.45) is 2.37. The van der Waals surface area contributed by atoms with Gasteiger partial charge in [0, 0.05) is 12.6 Å². The number of aryl methyl sites for hydroxylation is 2. The normalized spacial score (nSPS) is 11.1. The first-order valence-electron chi connectivity index (χ1n) is 9.22. The molecule has 2 aromatic heterocycles. The lowest BCUT2D eigenvalue weighted by molar-refractivity contribution is 0.102. The molecule has 0 saturated carbocycles. The second-order valence-corrected chi connectivity index (χ2v) is 6.77. The number of pyridine rings is 1. The molecule has 8 heteroatoms. The minimum absolute atomic E-state index is 0.240. The zero-order chi connectivity index (χ0) is 21.4. The number of nitrogens with one attached hydrogen (secondary N) is 1. The van der Waals surface area contributed by atoms with Crippen LogP contribution in [-0.4, -0.2) is 15.5 Å². The maximum atomic E-state index is 13.7. The van der Waals surface area contributed by atoms with E-state index < -0.39 is 29.0 Å². The number of hydrogen-bond donors (Lipinski definition) is 1. The van der Waals surface area contributed by atoms with Gasteiger partial charge >= 0.3 is 5.76 Å². The highest BCUT2D eigenvalue weighted by atomic mass is 19.1. The lowest BCUT2D eigenvalue weighted by atomic mass is 9.96. The molecule has 0 bridgehead atoms. The number of carbonyl (C=O) groups is 1. The first-order valence-corrected chi connectivity index (χ1v) is 9.22. The van der Waals surface area contributed by atoms with Crippen molar-refractivity contribution in [3.8, 4) is 11.1 Å². The molecule has 0 atom stereocenters. The van der Waals surface area contributed by atoms with E-state index in [2.05, 4.69) is 10.3 Å². The highest BCUT2D eigenvalue weighted by Gasteiger charge is 2.15. The SMILES string of the molecule is CCc1cc2oc(=O)n(C)c2cc1-c1ccc(C(=O)Nc2c(F)cncc2F)cc1. The van der Waals surface area contributed by atoms with Crippen LogP contribution in [-0.2, 0) is 13.5 Å². The summed E-state index contributed by atoms with van der Waals surface area (Å²) in [7, 11) is 1.63. The number of rotatable bonds is 4. The second kappa shape index (κ2) is 7.55. The molecule has 0 saturated heterocycles. The fraction of sp³-hybridized carbons (Fsp3) is 0.136. The van der Waals surface area contributed by atoms with Gasteiger partial charge in [0.05, 0.1) is 17.9 Å². The van der Waals surface area contributed by atoms with Crippen molar-refractivity contribution in [3.63, 3.8) is 0 Å². The molecule has 0 spiro atoms. The van der Waals surface area contributed by atoms with Crippen molar-refractivity contribution in [2.45, 2.75) is 13.3 Å². The van der Waals surface area contributed by atoms with Crippen LogP contribution >= 0.6 is 0 Å². The molecule has 2 aromatic carbocycles. The molecule has 0 aliphatic rings. The maximum absolute atomic E-state index is 13.7. The Bertz CT molecular complexity index is 1300. The Labute approximate surface area is 169 Å². The Morgan fingerprint density at radius 1 is 1.13 bits per heavy atom. The van der Waals surface area contributed by atoms with Crippen LogP contribution < -0.4 is 11.1 Å². The molecule has 6 nitrogen and oxygen atoms in total. The Balaban J connectivity index is 1.67. The van der Waals surface area contributed by atoms with Gasteiger partial charge in [0.2, 0.25) is 0 Å². The number of aromatic nitrogens is 2. The molecule has 4 rings (SSSR count). The monoisotopic (exact) mass is 409 g/mol. The van der Waals surface area contributed by atoms with Crippen LogP contribution in [0.25, 0.3) is 22.2 Å². The van der Waals surface area contributed by atoms with Gasteiger partial charge in [0.15, 0.2) is 17.2 Å². The average Bonchev–Trinajstić information content (AvgIpc) is 3.02. The quantitative estimate of drug-likeness (QED) is 0.546. The summed E-state index contributed by atoms with van der Waals surface area (Å²) in [5, 5.41) is 2.23. The molecule has 1 amide bonds. The Kier molecular flexibility index (Phi) is 4.91. The van der Waals surface area contributed by atoms with Crippen molar-refractivity contribution >= 4 is 22.7 Å².